The van der Waals surface area contributed by atoms with E-state index in [1.54, 1.807) is 0 Å². The van der Waals surface area contributed by atoms with Crippen LogP contribution < -0.4 is 0 Å². The number of allylic oxidation sites excluding steroid dienone is 8. The van der Waals surface area contributed by atoms with Gasteiger partial charge in [0.2, 0.25) is 0 Å². The molecule has 0 aliphatic carbocycles. The van der Waals surface area contributed by atoms with Gasteiger partial charge in [-0.3, -0.25) is 9.59 Å². The van der Waals surface area contributed by atoms with Crippen molar-refractivity contribution in [2.24, 2.45) is 0 Å². The minimum Gasteiger partial charge on any atom is -0.477 e. The number of carboxylic acids is 1. The van der Waals surface area contributed by atoms with E-state index in [9.17, 15) is 19.5 Å². The highest BCUT2D eigenvalue weighted by Gasteiger charge is 2.31. The molecule has 8 nitrogen and oxygen atoms in total. The van der Waals surface area contributed by atoms with Gasteiger partial charge in [-0.05, 0) is 57.8 Å². The predicted molar refractivity (Wildman–Crippen MR) is 206 cm³/mol. The van der Waals surface area contributed by atoms with E-state index in [0.29, 0.717) is 19.3 Å². The third-order valence-corrected chi connectivity index (χ3v) is 8.48. The van der Waals surface area contributed by atoms with Crippen molar-refractivity contribution in [1.29, 1.82) is 0 Å². The lowest BCUT2D eigenvalue weighted by molar-refractivity contribution is -0.887. The molecule has 0 heterocycles. The number of hydrogen-bond donors (Lipinski definition) is 1. The summed E-state index contributed by atoms with van der Waals surface area (Å²) >= 11 is 0. The highest BCUT2D eigenvalue weighted by molar-refractivity contribution is 5.72. The average Bonchev–Trinajstić information content (AvgIpc) is 3.06. The summed E-state index contributed by atoms with van der Waals surface area (Å²) in [5.74, 6) is -1.55. The van der Waals surface area contributed by atoms with Crippen molar-refractivity contribution in [3.8, 4) is 0 Å². The first-order valence-electron chi connectivity index (χ1n) is 19.7. The van der Waals surface area contributed by atoms with Gasteiger partial charge in [0.25, 0.3) is 0 Å². The Balaban J connectivity index is 4.27. The molecule has 1 N–H and O–H groups in total. The van der Waals surface area contributed by atoms with Gasteiger partial charge in [0.05, 0.1) is 34.4 Å². The number of rotatable bonds is 34. The maximum atomic E-state index is 12.5. The number of carbonyl (C=O) groups is 3. The predicted octanol–water partition coefficient (Wildman–Crippen LogP) is 10.1. The molecule has 0 bridgehead atoms. The van der Waals surface area contributed by atoms with Gasteiger partial charge in [0.1, 0.15) is 6.61 Å². The van der Waals surface area contributed by atoms with Gasteiger partial charge in [0.15, 0.2) is 12.1 Å². The molecule has 0 radical (unpaired) electrons. The number of quaternary nitrogens is 1. The molecule has 0 saturated carbocycles. The highest BCUT2D eigenvalue weighted by Crippen LogP contribution is 2.13. The van der Waals surface area contributed by atoms with E-state index in [1.807, 2.05) is 27.2 Å². The third kappa shape index (κ3) is 31.3. The third-order valence-electron chi connectivity index (χ3n) is 8.48. The fourth-order valence-electron chi connectivity index (χ4n) is 5.42. The Morgan fingerprint density at radius 1 is 0.620 bits per heavy atom. The molecule has 0 aliphatic heterocycles. The number of carboxylic acid groups (broad SMARTS) is 1. The molecule has 0 aromatic heterocycles. The molecule has 0 amide bonds. The largest absolute Gasteiger partial charge is 0.477 e. The average molecular weight is 705 g/mol. The van der Waals surface area contributed by atoms with Crippen LogP contribution in [0.25, 0.3) is 0 Å². The van der Waals surface area contributed by atoms with Crippen LogP contribution in [0.3, 0.4) is 0 Å². The van der Waals surface area contributed by atoms with Crippen molar-refractivity contribution in [1.82, 2.24) is 0 Å². The van der Waals surface area contributed by atoms with Gasteiger partial charge >= 0.3 is 17.9 Å². The van der Waals surface area contributed by atoms with Gasteiger partial charge in [-0.25, -0.2) is 4.79 Å². The lowest BCUT2D eigenvalue weighted by atomic mass is 10.1. The summed E-state index contributed by atoms with van der Waals surface area (Å²) in [5, 5.41) is 9.56. The van der Waals surface area contributed by atoms with Gasteiger partial charge in [-0.15, -0.1) is 0 Å². The number of nitrogens with zero attached hydrogens (tertiary/aromatic N) is 1. The number of ether oxygens (including phenoxy) is 3. The molecule has 0 aromatic carbocycles. The Hall–Kier alpha value is -2.71. The molecule has 50 heavy (non-hydrogen) atoms. The fourth-order valence-corrected chi connectivity index (χ4v) is 5.42. The van der Waals surface area contributed by atoms with Crippen molar-refractivity contribution in [3.63, 3.8) is 0 Å². The zero-order chi connectivity index (χ0) is 37.1. The van der Waals surface area contributed by atoms with Gasteiger partial charge in [-0.1, -0.05) is 120 Å². The van der Waals surface area contributed by atoms with Crippen LogP contribution in [-0.2, 0) is 28.6 Å². The van der Waals surface area contributed by atoms with Crippen molar-refractivity contribution >= 4 is 17.9 Å². The first-order valence-corrected chi connectivity index (χ1v) is 19.7. The molecule has 0 rings (SSSR count). The summed E-state index contributed by atoms with van der Waals surface area (Å²) in [5.41, 5.74) is 0. The van der Waals surface area contributed by atoms with Crippen molar-refractivity contribution in [2.45, 2.75) is 161 Å². The van der Waals surface area contributed by atoms with Crippen LogP contribution >= 0.6 is 0 Å². The molecule has 0 fully saturated rings. The summed E-state index contributed by atoms with van der Waals surface area (Å²) < 4.78 is 17.1. The number of esters is 2. The van der Waals surface area contributed by atoms with Crippen molar-refractivity contribution in [2.75, 3.05) is 41.0 Å². The minimum atomic E-state index is -0.884. The molecule has 2 atom stereocenters. The second kappa shape index (κ2) is 33.4. The van der Waals surface area contributed by atoms with Crippen LogP contribution in [0.2, 0.25) is 0 Å². The molecule has 2 unspecified atom stereocenters. The summed E-state index contributed by atoms with van der Waals surface area (Å²) in [6, 6.07) is -0.619. The Labute approximate surface area is 306 Å². The quantitative estimate of drug-likeness (QED) is 0.0308. The minimum absolute atomic E-state index is 0.0427. The fraction of sp³-hybridized carbons (Fsp3) is 0.738. The molecular formula is C42H74NO7+. The maximum absolute atomic E-state index is 12.5. The lowest BCUT2D eigenvalue weighted by Gasteiger charge is -2.31. The number of aliphatic carboxylic acids is 1. The van der Waals surface area contributed by atoms with Crippen LogP contribution in [0.5, 0.6) is 0 Å². The van der Waals surface area contributed by atoms with Crippen molar-refractivity contribution < 1.29 is 38.2 Å². The van der Waals surface area contributed by atoms with E-state index in [1.165, 1.54) is 51.4 Å². The van der Waals surface area contributed by atoms with Gasteiger partial charge in [0, 0.05) is 19.3 Å². The summed E-state index contributed by atoms with van der Waals surface area (Å²) in [6.07, 6.45) is 37.6. The van der Waals surface area contributed by atoms with E-state index in [2.05, 4.69) is 56.4 Å². The van der Waals surface area contributed by atoms with Crippen LogP contribution in [0.4, 0.5) is 0 Å². The molecule has 0 aromatic rings. The Morgan fingerprint density at radius 3 is 1.76 bits per heavy atom. The first-order chi connectivity index (χ1) is 24.1. The summed E-state index contributed by atoms with van der Waals surface area (Å²) in [7, 11) is 5.49. The number of unbranched alkanes of at least 4 members (excludes halogenated alkanes) is 12. The molecular weight excluding hydrogens is 630 g/mol. The Kier molecular flexibility index (Phi) is 31.6. The van der Waals surface area contributed by atoms with Crippen LogP contribution in [0.1, 0.15) is 149 Å². The summed E-state index contributed by atoms with van der Waals surface area (Å²) in [4.78, 5) is 36.6. The van der Waals surface area contributed by atoms with Crippen LogP contribution in [-0.4, -0.2) is 80.6 Å². The van der Waals surface area contributed by atoms with Crippen LogP contribution in [0.15, 0.2) is 48.6 Å². The topological polar surface area (TPSA) is 99.1 Å². The van der Waals surface area contributed by atoms with E-state index >= 15 is 0 Å². The van der Waals surface area contributed by atoms with E-state index in [0.717, 1.165) is 57.8 Å². The van der Waals surface area contributed by atoms with E-state index in [-0.39, 0.29) is 42.7 Å². The molecule has 0 saturated heterocycles. The summed E-state index contributed by atoms with van der Waals surface area (Å²) in [6.45, 7) is 4.50. The zero-order valence-electron chi connectivity index (χ0n) is 32.6. The molecule has 288 valence electrons. The van der Waals surface area contributed by atoms with E-state index in [4.69, 9.17) is 14.2 Å². The van der Waals surface area contributed by atoms with Crippen molar-refractivity contribution in [3.05, 3.63) is 48.6 Å². The lowest BCUT2D eigenvalue weighted by Crippen LogP contribution is -2.50. The maximum Gasteiger partial charge on any atom is 0.362 e. The van der Waals surface area contributed by atoms with E-state index < -0.39 is 18.1 Å². The second-order valence-corrected chi connectivity index (χ2v) is 14.1. The zero-order valence-corrected chi connectivity index (χ0v) is 32.6. The Bertz CT molecular complexity index is 964. The molecule has 8 heteroatoms. The normalized spacial score (nSPS) is 13.5. The Morgan fingerprint density at radius 2 is 1.16 bits per heavy atom. The number of hydrogen-bond acceptors (Lipinski definition) is 6. The van der Waals surface area contributed by atoms with Crippen LogP contribution in [0, 0.1) is 0 Å². The molecule has 0 spiro atoms. The van der Waals surface area contributed by atoms with Gasteiger partial charge < -0.3 is 23.8 Å². The standard InChI is InChI=1S/C42H73NO7/c1-6-8-10-12-14-15-16-17-18-19-20-21-22-23-24-25-27-28-30-32-40(44)49-37-38(36-48-35-34-39(42(46)47)43(3,4)5)50-41(45)33-31-29-26-13-11-9-7-2/h8,10,14-15,17-18,26,29,38-39H,6-7,9,11-13,16,19-25,27-28,30-37H2,1-5H3/p+1/b10-8+,15-14+,18-17+,29-26+. The SMILES string of the molecule is CC/C=C/C/C=C/C/C=C/CCCCCCCCCCCC(=O)OCC(COCCC(C(=O)O)[N+](C)(C)C)OC(=O)CC/C=C/CCCCC. The first kappa shape index (κ1) is 47.3. The highest BCUT2D eigenvalue weighted by atomic mass is 16.6. The number of likely N-dealkylation sites (N-methyl/N-ethyl adjacent to an activating group) is 1. The second-order valence-electron chi connectivity index (χ2n) is 14.1. The number of carbonyl (C=O) groups excluding carboxylic acids is 2. The smallest absolute Gasteiger partial charge is 0.362 e. The van der Waals surface area contributed by atoms with Gasteiger partial charge in [-0.2, -0.15) is 0 Å². The monoisotopic (exact) mass is 705 g/mol. The molecule has 0 aliphatic rings.